The number of pyridine rings is 2. The summed E-state index contributed by atoms with van der Waals surface area (Å²) in [5.41, 5.74) is -0.0618. The molecule has 5 heterocycles. The van der Waals surface area contributed by atoms with Gasteiger partial charge in [-0.25, -0.2) is 26.9 Å². The van der Waals surface area contributed by atoms with E-state index in [4.69, 9.17) is 19.6 Å². The predicted molar refractivity (Wildman–Crippen MR) is 170 cm³/mol. The molecule has 1 unspecified atom stereocenters. The maximum absolute atomic E-state index is 16.0. The zero-order chi connectivity index (χ0) is 34.3. The van der Waals surface area contributed by atoms with Crippen LogP contribution >= 0.6 is 11.3 Å². The quantitative estimate of drug-likeness (QED) is 0.0954. The Morgan fingerprint density at radius 3 is 2.62 bits per heavy atom. The molecule has 0 saturated carbocycles. The second-order valence-electron chi connectivity index (χ2n) is 11.0. The highest BCUT2D eigenvalue weighted by Gasteiger charge is 2.31. The van der Waals surface area contributed by atoms with Crippen LogP contribution in [-0.4, -0.2) is 63.4 Å². The first-order valence-corrected chi connectivity index (χ1v) is 15.6. The van der Waals surface area contributed by atoms with Crippen molar-refractivity contribution in [3.8, 4) is 39.5 Å². The molecule has 0 fully saturated rings. The average Bonchev–Trinajstić information content (AvgIpc) is 3.71. The molecule has 15 heteroatoms. The van der Waals surface area contributed by atoms with Crippen LogP contribution in [0.25, 0.3) is 43.9 Å². The van der Waals surface area contributed by atoms with Gasteiger partial charge in [-0.15, -0.1) is 11.3 Å². The van der Waals surface area contributed by atoms with Gasteiger partial charge in [-0.2, -0.15) is 5.10 Å². The number of alkyl halides is 2. The lowest BCUT2D eigenvalue weighted by Crippen LogP contribution is -2.40. The van der Waals surface area contributed by atoms with Crippen molar-refractivity contribution >= 4 is 27.3 Å². The number of methoxy groups -OCH3 is 1. The van der Waals surface area contributed by atoms with E-state index in [0.717, 1.165) is 18.3 Å². The number of amides is 1. The van der Waals surface area contributed by atoms with Crippen LogP contribution < -0.4 is 10.3 Å². The van der Waals surface area contributed by atoms with Crippen molar-refractivity contribution in [3.05, 3.63) is 88.1 Å². The predicted octanol–water partition coefficient (Wildman–Crippen LogP) is 6.45. The zero-order valence-corrected chi connectivity index (χ0v) is 26.5. The van der Waals surface area contributed by atoms with Gasteiger partial charge in [0.05, 0.1) is 42.7 Å². The van der Waals surface area contributed by atoms with E-state index >= 15 is 4.39 Å². The molecule has 1 aromatic carbocycles. The van der Waals surface area contributed by atoms with Crippen LogP contribution in [0.5, 0.6) is 5.75 Å². The fourth-order valence-electron chi connectivity index (χ4n) is 5.85. The molecule has 9 nitrogen and oxygen atoms in total. The molecule has 0 aliphatic carbocycles. The number of carbonyl (C=O) groups is 1. The fourth-order valence-corrected chi connectivity index (χ4v) is 6.80. The van der Waals surface area contributed by atoms with Crippen molar-refractivity contribution in [1.82, 2.24) is 24.2 Å². The van der Waals surface area contributed by atoms with Gasteiger partial charge in [-0.3, -0.25) is 14.3 Å². The summed E-state index contributed by atoms with van der Waals surface area (Å²) in [5.74, 6) is -3.51. The maximum atomic E-state index is 16.0. The molecule has 6 rings (SSSR count). The highest BCUT2D eigenvalue weighted by Crippen LogP contribution is 2.47. The van der Waals surface area contributed by atoms with Crippen LogP contribution in [-0.2, 0) is 22.6 Å². The minimum absolute atomic E-state index is 0.0141. The van der Waals surface area contributed by atoms with E-state index in [2.05, 4.69) is 6.58 Å². The first-order chi connectivity index (χ1) is 23.0. The van der Waals surface area contributed by atoms with E-state index in [0.29, 0.717) is 39.5 Å². The third kappa shape index (κ3) is 5.99. The molecule has 250 valence electrons. The number of ether oxygens (including phenoxy) is 2. The van der Waals surface area contributed by atoms with Crippen LogP contribution in [0.4, 0.5) is 22.0 Å². The van der Waals surface area contributed by atoms with E-state index in [-0.39, 0.29) is 58.6 Å². The molecule has 1 atom stereocenters. The molecule has 0 saturated heterocycles. The SMILES string of the molecule is C=CC(=O)N1CCn2nc(-c3nc(-c4cc(F)c(=O)n(CC(F)F)c4)c4ccsc4c3-c3c(F)cc(F)cc3OCCOC)cc2C1C. The van der Waals surface area contributed by atoms with Gasteiger partial charge in [0.25, 0.3) is 12.0 Å². The van der Waals surface area contributed by atoms with Gasteiger partial charge in [0.15, 0.2) is 5.82 Å². The Labute approximate surface area is 274 Å². The Morgan fingerprint density at radius 2 is 1.90 bits per heavy atom. The minimum Gasteiger partial charge on any atom is -0.490 e. The molecular weight excluding hydrogens is 657 g/mol. The summed E-state index contributed by atoms with van der Waals surface area (Å²) < 4.78 is 85.7. The standard InChI is InChI=1S/C33H28F5N5O4S/c1-4-27(44)42-6-7-43-24(17(42)2)14-23(40-43)31-29(28-21(35)12-19(34)13-25(28)47-9-8-46-3)32-20(5-10-48-32)30(39-31)18-11-22(36)33(45)41(15-18)16-26(37)38/h4-5,10-15,17,26H,1,6-9,16H2,2-3H3. The van der Waals surface area contributed by atoms with Crippen molar-refractivity contribution < 1.29 is 36.2 Å². The number of hydrogen-bond donors (Lipinski definition) is 0. The second-order valence-corrected chi connectivity index (χ2v) is 11.9. The van der Waals surface area contributed by atoms with Crippen LogP contribution in [0.15, 0.2) is 59.4 Å². The topological polar surface area (TPSA) is 91.5 Å². The Kier molecular flexibility index (Phi) is 9.16. The first kappa shape index (κ1) is 33.0. The van der Waals surface area contributed by atoms with Crippen molar-refractivity contribution in [2.75, 3.05) is 26.9 Å². The highest BCUT2D eigenvalue weighted by atomic mass is 32.1. The summed E-state index contributed by atoms with van der Waals surface area (Å²) in [4.78, 5) is 31.4. The van der Waals surface area contributed by atoms with E-state index in [1.165, 1.54) is 24.5 Å². The summed E-state index contributed by atoms with van der Waals surface area (Å²) in [6, 6.07) is 5.56. The monoisotopic (exact) mass is 685 g/mol. The van der Waals surface area contributed by atoms with Crippen molar-refractivity contribution in [3.63, 3.8) is 0 Å². The van der Waals surface area contributed by atoms with E-state index in [9.17, 15) is 27.2 Å². The first-order valence-electron chi connectivity index (χ1n) is 14.7. The number of aromatic nitrogens is 4. The van der Waals surface area contributed by atoms with Gasteiger partial charge in [0.1, 0.15) is 35.4 Å². The Bertz CT molecular complexity index is 2110. The number of nitrogens with zero attached hydrogens (tertiary/aromatic N) is 5. The molecule has 1 aliphatic heterocycles. The summed E-state index contributed by atoms with van der Waals surface area (Å²) in [7, 11) is 1.45. The van der Waals surface area contributed by atoms with Crippen LogP contribution in [0, 0.1) is 17.5 Å². The molecular formula is C33H28F5N5O4S. The summed E-state index contributed by atoms with van der Waals surface area (Å²) in [5, 5.41) is 6.82. The zero-order valence-electron chi connectivity index (χ0n) is 25.7. The van der Waals surface area contributed by atoms with E-state index in [1.54, 1.807) is 27.1 Å². The molecule has 5 aromatic rings. The molecule has 0 bridgehead atoms. The molecule has 1 amide bonds. The Morgan fingerprint density at radius 1 is 1.10 bits per heavy atom. The van der Waals surface area contributed by atoms with E-state index < -0.39 is 42.0 Å². The van der Waals surface area contributed by atoms with Crippen molar-refractivity contribution in [2.24, 2.45) is 0 Å². The van der Waals surface area contributed by atoms with Crippen molar-refractivity contribution in [1.29, 1.82) is 0 Å². The third-order valence-corrected chi connectivity index (χ3v) is 8.96. The number of benzene rings is 1. The molecule has 0 N–H and O–H groups in total. The second kappa shape index (κ2) is 13.3. The van der Waals surface area contributed by atoms with Gasteiger partial charge >= 0.3 is 0 Å². The molecule has 48 heavy (non-hydrogen) atoms. The maximum Gasteiger partial charge on any atom is 0.286 e. The largest absolute Gasteiger partial charge is 0.490 e. The summed E-state index contributed by atoms with van der Waals surface area (Å²) >= 11 is 1.18. The lowest BCUT2D eigenvalue weighted by atomic mass is 9.96. The number of carbonyl (C=O) groups excluding carboxylic acids is 1. The fraction of sp³-hybridized carbons (Fsp3) is 0.273. The Balaban J connectivity index is 1.66. The van der Waals surface area contributed by atoms with Gasteiger partial charge in [0, 0.05) is 53.2 Å². The van der Waals surface area contributed by atoms with Gasteiger partial charge in [-0.05, 0) is 36.6 Å². The van der Waals surface area contributed by atoms with Gasteiger partial charge in [-0.1, -0.05) is 6.58 Å². The van der Waals surface area contributed by atoms with Gasteiger partial charge in [0.2, 0.25) is 5.91 Å². The van der Waals surface area contributed by atoms with Gasteiger partial charge < -0.3 is 18.9 Å². The lowest BCUT2D eigenvalue weighted by molar-refractivity contribution is -0.129. The number of halogens is 5. The molecule has 4 aromatic heterocycles. The van der Waals surface area contributed by atoms with Crippen LogP contribution in [0.2, 0.25) is 0 Å². The number of thiophene rings is 1. The molecule has 0 radical (unpaired) electrons. The average molecular weight is 686 g/mol. The molecule has 0 spiro atoms. The van der Waals surface area contributed by atoms with Crippen LogP contribution in [0.1, 0.15) is 18.7 Å². The number of fused-ring (bicyclic) bond motifs is 2. The Hall–Kier alpha value is -4.89. The van der Waals surface area contributed by atoms with Crippen LogP contribution in [0.3, 0.4) is 0 Å². The third-order valence-electron chi connectivity index (χ3n) is 8.03. The van der Waals surface area contributed by atoms with E-state index in [1.807, 2.05) is 6.92 Å². The lowest BCUT2D eigenvalue weighted by Gasteiger charge is -2.33. The summed E-state index contributed by atoms with van der Waals surface area (Å²) in [6.07, 6.45) is -0.624. The number of hydrogen-bond acceptors (Lipinski definition) is 7. The minimum atomic E-state index is -2.94. The number of rotatable bonds is 10. The normalized spacial score (nSPS) is 14.5. The highest BCUT2D eigenvalue weighted by molar-refractivity contribution is 7.18. The van der Waals surface area contributed by atoms with Crippen molar-refractivity contribution in [2.45, 2.75) is 32.5 Å². The summed E-state index contributed by atoms with van der Waals surface area (Å²) in [6.45, 7) is 5.10. The smallest absolute Gasteiger partial charge is 0.286 e. The molecule has 1 aliphatic rings.